The molecule has 0 aliphatic heterocycles. The smallest absolute Gasteiger partial charge is 0.358 e. The minimum Gasteiger partial charge on any atom is -0.456 e. The number of nitrogens with one attached hydrogen (secondary N) is 1. The number of ether oxygens (including phenoxy) is 1. The van der Waals surface area contributed by atoms with Gasteiger partial charge in [-0.3, -0.25) is 0 Å². The topological polar surface area (TPSA) is 51.2 Å². The third-order valence-corrected chi connectivity index (χ3v) is 4.00. The number of halogens is 1. The Kier molecular flexibility index (Phi) is 5.31. The Morgan fingerprint density at radius 2 is 2.30 bits per heavy atom. The van der Waals surface area contributed by atoms with Gasteiger partial charge < -0.3 is 10.1 Å². The maximum absolute atomic E-state index is 11.9. The zero-order valence-corrected chi connectivity index (χ0v) is 13.0. The van der Waals surface area contributed by atoms with Gasteiger partial charge >= 0.3 is 5.97 Å². The van der Waals surface area contributed by atoms with Crippen LogP contribution in [0.4, 0.5) is 5.13 Å². The molecule has 0 saturated heterocycles. The van der Waals surface area contributed by atoms with E-state index >= 15 is 0 Å². The van der Waals surface area contributed by atoms with Crippen LogP contribution in [0.2, 0.25) is 0 Å². The lowest BCUT2D eigenvalue weighted by atomic mass is 10.2. The summed E-state index contributed by atoms with van der Waals surface area (Å²) >= 11 is 4.77. The van der Waals surface area contributed by atoms with Crippen LogP contribution in [-0.2, 0) is 11.3 Å². The van der Waals surface area contributed by atoms with Crippen LogP contribution in [0, 0.1) is 0 Å². The fraction of sp³-hybridized carbons (Fsp3) is 0.143. The van der Waals surface area contributed by atoms with E-state index in [0.717, 1.165) is 10.0 Å². The molecule has 0 bridgehead atoms. The highest BCUT2D eigenvalue weighted by Crippen LogP contribution is 2.19. The maximum Gasteiger partial charge on any atom is 0.358 e. The molecule has 2 aromatic rings. The number of aromatic nitrogens is 1. The van der Waals surface area contributed by atoms with E-state index < -0.39 is 5.97 Å². The second kappa shape index (κ2) is 7.21. The van der Waals surface area contributed by atoms with Gasteiger partial charge in [0.05, 0.1) is 0 Å². The van der Waals surface area contributed by atoms with Gasteiger partial charge in [0.25, 0.3) is 0 Å². The summed E-state index contributed by atoms with van der Waals surface area (Å²) in [4.78, 5) is 16.0. The predicted molar refractivity (Wildman–Crippen MR) is 84.1 cm³/mol. The molecule has 6 heteroatoms. The van der Waals surface area contributed by atoms with E-state index in [1.807, 2.05) is 24.3 Å². The molecule has 20 heavy (non-hydrogen) atoms. The van der Waals surface area contributed by atoms with E-state index in [2.05, 4.69) is 32.8 Å². The van der Waals surface area contributed by atoms with Gasteiger partial charge in [-0.25, -0.2) is 9.78 Å². The average molecular weight is 353 g/mol. The molecule has 104 valence electrons. The molecule has 1 aromatic heterocycles. The third-order valence-electron chi connectivity index (χ3n) is 2.43. The Balaban J connectivity index is 1.93. The summed E-state index contributed by atoms with van der Waals surface area (Å²) < 4.78 is 6.16. The zero-order chi connectivity index (χ0) is 14.4. The van der Waals surface area contributed by atoms with Gasteiger partial charge in [-0.2, -0.15) is 0 Å². The third kappa shape index (κ3) is 3.91. The number of carbonyl (C=O) groups excluding carboxylic acids is 1. The molecule has 0 amide bonds. The monoisotopic (exact) mass is 352 g/mol. The summed E-state index contributed by atoms with van der Waals surface area (Å²) in [5.74, 6) is -0.427. The summed E-state index contributed by atoms with van der Waals surface area (Å²) in [5, 5.41) is 5.38. The van der Waals surface area contributed by atoms with Crippen molar-refractivity contribution in [3.8, 4) is 0 Å². The SMILES string of the molecule is C=CCNc1nc(C(=O)OCc2ccccc2Br)cs1. The van der Waals surface area contributed by atoms with Gasteiger partial charge in [-0.05, 0) is 6.07 Å². The van der Waals surface area contributed by atoms with Crippen molar-refractivity contribution in [3.05, 3.63) is 58.0 Å². The molecular formula is C14H13BrN2O2S. The second-order valence-corrected chi connectivity index (χ2v) is 5.59. The fourth-order valence-electron chi connectivity index (χ4n) is 1.44. The van der Waals surface area contributed by atoms with Crippen LogP contribution >= 0.6 is 27.3 Å². The summed E-state index contributed by atoms with van der Waals surface area (Å²) in [7, 11) is 0. The van der Waals surface area contributed by atoms with Gasteiger partial charge in [0, 0.05) is 22.0 Å². The summed E-state index contributed by atoms with van der Waals surface area (Å²) in [6, 6.07) is 7.61. The Hall–Kier alpha value is -1.66. The van der Waals surface area contributed by atoms with Crippen LogP contribution in [0.3, 0.4) is 0 Å². The highest BCUT2D eigenvalue weighted by molar-refractivity contribution is 9.10. The normalized spacial score (nSPS) is 10.1. The predicted octanol–water partition coefficient (Wildman–Crippen LogP) is 3.86. The van der Waals surface area contributed by atoms with E-state index in [4.69, 9.17) is 4.74 Å². The molecule has 2 rings (SSSR count). The molecular weight excluding hydrogens is 340 g/mol. The number of hydrogen-bond acceptors (Lipinski definition) is 5. The molecule has 0 aliphatic rings. The second-order valence-electron chi connectivity index (χ2n) is 3.88. The Labute approximate surface area is 129 Å². The van der Waals surface area contributed by atoms with Crippen LogP contribution in [0.15, 0.2) is 46.8 Å². The van der Waals surface area contributed by atoms with Crippen molar-refractivity contribution in [1.29, 1.82) is 0 Å². The molecule has 0 unspecified atom stereocenters. The molecule has 0 radical (unpaired) electrons. The highest BCUT2D eigenvalue weighted by atomic mass is 79.9. The first kappa shape index (κ1) is 14.7. The molecule has 0 fully saturated rings. The van der Waals surface area contributed by atoms with Crippen LogP contribution in [0.1, 0.15) is 16.1 Å². The first-order valence-electron chi connectivity index (χ1n) is 5.91. The van der Waals surface area contributed by atoms with E-state index in [1.54, 1.807) is 11.5 Å². The Morgan fingerprint density at radius 1 is 1.50 bits per heavy atom. The van der Waals surface area contributed by atoms with Gasteiger partial charge in [0.15, 0.2) is 10.8 Å². The molecule has 4 nitrogen and oxygen atoms in total. The lowest BCUT2D eigenvalue weighted by molar-refractivity contribution is 0.0466. The van der Waals surface area contributed by atoms with Gasteiger partial charge in [-0.15, -0.1) is 17.9 Å². The van der Waals surface area contributed by atoms with Crippen LogP contribution in [0.5, 0.6) is 0 Å². The van der Waals surface area contributed by atoms with Gasteiger partial charge in [0.2, 0.25) is 0 Å². The molecule has 1 aromatic carbocycles. The first-order valence-corrected chi connectivity index (χ1v) is 7.59. The molecule has 0 aliphatic carbocycles. The van der Waals surface area contributed by atoms with Gasteiger partial charge in [0.1, 0.15) is 6.61 Å². The van der Waals surface area contributed by atoms with E-state index in [-0.39, 0.29) is 6.61 Å². The number of hydrogen-bond donors (Lipinski definition) is 1. The maximum atomic E-state index is 11.9. The quantitative estimate of drug-likeness (QED) is 0.633. The number of rotatable bonds is 6. The van der Waals surface area contributed by atoms with Crippen molar-refractivity contribution < 1.29 is 9.53 Å². The standard InChI is InChI=1S/C14H13BrN2O2S/c1-2-7-16-14-17-12(9-20-14)13(18)19-8-10-5-3-4-6-11(10)15/h2-6,9H,1,7-8H2,(H,16,17). The average Bonchev–Trinajstić information content (AvgIpc) is 2.93. The van der Waals surface area contributed by atoms with Crippen molar-refractivity contribution in [3.63, 3.8) is 0 Å². The Bertz CT molecular complexity index is 613. The first-order chi connectivity index (χ1) is 9.70. The fourth-order valence-corrected chi connectivity index (χ4v) is 2.53. The molecule has 0 spiro atoms. The summed E-state index contributed by atoms with van der Waals surface area (Å²) in [6.45, 7) is 4.43. The van der Waals surface area contributed by atoms with Crippen molar-refractivity contribution >= 4 is 38.4 Å². The van der Waals surface area contributed by atoms with Gasteiger partial charge in [-0.1, -0.05) is 40.2 Å². The van der Waals surface area contributed by atoms with Crippen LogP contribution < -0.4 is 5.32 Å². The summed E-state index contributed by atoms with van der Waals surface area (Å²) in [6.07, 6.45) is 1.73. The minimum atomic E-state index is -0.427. The van der Waals surface area contributed by atoms with Crippen LogP contribution in [-0.4, -0.2) is 17.5 Å². The Morgan fingerprint density at radius 3 is 3.05 bits per heavy atom. The molecule has 1 heterocycles. The lowest BCUT2D eigenvalue weighted by Gasteiger charge is -2.05. The number of esters is 1. The number of thiazole rings is 1. The van der Waals surface area contributed by atoms with Crippen LogP contribution in [0.25, 0.3) is 0 Å². The van der Waals surface area contributed by atoms with Crippen molar-refractivity contribution in [2.75, 3.05) is 11.9 Å². The molecule has 0 saturated carbocycles. The van der Waals surface area contributed by atoms with E-state index in [0.29, 0.717) is 17.4 Å². The highest BCUT2D eigenvalue weighted by Gasteiger charge is 2.12. The number of benzene rings is 1. The zero-order valence-electron chi connectivity index (χ0n) is 10.6. The summed E-state index contributed by atoms with van der Waals surface area (Å²) in [5.41, 5.74) is 1.23. The number of carbonyl (C=O) groups is 1. The lowest BCUT2D eigenvalue weighted by Crippen LogP contribution is -2.06. The van der Waals surface area contributed by atoms with E-state index in [1.165, 1.54) is 11.3 Å². The molecule has 1 N–H and O–H groups in total. The van der Waals surface area contributed by atoms with E-state index in [9.17, 15) is 4.79 Å². The number of nitrogens with zero attached hydrogens (tertiary/aromatic N) is 1. The largest absolute Gasteiger partial charge is 0.456 e. The van der Waals surface area contributed by atoms with Crippen molar-refractivity contribution in [2.45, 2.75) is 6.61 Å². The molecule has 0 atom stereocenters. The van der Waals surface area contributed by atoms with Crippen molar-refractivity contribution in [2.24, 2.45) is 0 Å². The minimum absolute atomic E-state index is 0.215. The number of anilines is 1. The van der Waals surface area contributed by atoms with Crippen molar-refractivity contribution in [1.82, 2.24) is 4.98 Å².